The molecular formula is C34H45Br2N7O7S. The highest BCUT2D eigenvalue weighted by molar-refractivity contribution is 9.11. The number of amides is 4. The molecule has 4 aliphatic rings. The fourth-order valence-corrected chi connectivity index (χ4v) is 9.70. The van der Waals surface area contributed by atoms with Gasteiger partial charge in [-0.1, -0.05) is 18.2 Å². The molecule has 6 rings (SSSR count). The van der Waals surface area contributed by atoms with Crippen molar-refractivity contribution in [3.63, 3.8) is 0 Å². The van der Waals surface area contributed by atoms with E-state index in [0.717, 1.165) is 30.5 Å². The number of likely N-dealkylation sites (tertiary alicyclic amines) is 2. The Labute approximate surface area is 315 Å². The molecule has 0 spiro atoms. The lowest BCUT2D eigenvalue weighted by atomic mass is 10.0. The molecule has 3 fully saturated rings. The van der Waals surface area contributed by atoms with Crippen LogP contribution in [0.4, 0.5) is 15.3 Å². The summed E-state index contributed by atoms with van der Waals surface area (Å²) in [6, 6.07) is 11.3. The molecule has 0 aliphatic carbocycles. The maximum absolute atomic E-state index is 14.1. The van der Waals surface area contributed by atoms with Gasteiger partial charge < -0.3 is 29.9 Å². The van der Waals surface area contributed by atoms with Gasteiger partial charge in [0.1, 0.15) is 5.75 Å². The Morgan fingerprint density at radius 1 is 0.922 bits per heavy atom. The first-order valence-corrected chi connectivity index (χ1v) is 20.5. The number of phenols is 1. The number of benzene rings is 2. The van der Waals surface area contributed by atoms with E-state index in [0.29, 0.717) is 86.3 Å². The first-order chi connectivity index (χ1) is 24.4. The van der Waals surface area contributed by atoms with Gasteiger partial charge in [-0.2, -0.15) is 12.7 Å². The number of aromatic hydroxyl groups is 1. The molecule has 4 aliphatic heterocycles. The van der Waals surface area contributed by atoms with Crippen LogP contribution in [-0.4, -0.2) is 140 Å². The van der Waals surface area contributed by atoms with Crippen LogP contribution >= 0.6 is 31.9 Å². The number of urea groups is 1. The number of phenolic OH excluding ortho intramolecular Hbond substituents is 1. The zero-order chi connectivity index (χ0) is 36.3. The number of anilines is 1. The number of para-hydroxylation sites is 1. The molecule has 0 aromatic heterocycles. The number of halogens is 2. The van der Waals surface area contributed by atoms with Crippen molar-refractivity contribution in [2.45, 2.75) is 56.7 Å². The number of ether oxygens (including phenoxy) is 1. The molecule has 0 saturated carbocycles. The number of nitrogens with one attached hydrogen (secondary N) is 2. The number of hydrogen-bond acceptors (Lipinski definition) is 8. The van der Waals surface area contributed by atoms with E-state index >= 15 is 0 Å². The van der Waals surface area contributed by atoms with Crippen molar-refractivity contribution in [2.24, 2.45) is 0 Å². The van der Waals surface area contributed by atoms with Crippen LogP contribution in [0, 0.1) is 0 Å². The number of hydrogen-bond donors (Lipinski definition) is 3. The summed E-state index contributed by atoms with van der Waals surface area (Å²) in [4.78, 5) is 48.3. The first-order valence-electron chi connectivity index (χ1n) is 17.4. The molecule has 0 bridgehead atoms. The van der Waals surface area contributed by atoms with Crippen LogP contribution in [0.2, 0.25) is 0 Å². The molecule has 0 radical (unpaired) electrons. The van der Waals surface area contributed by atoms with Gasteiger partial charge in [0.25, 0.3) is 16.1 Å². The minimum atomic E-state index is -3.46. The molecule has 2 aromatic carbocycles. The molecule has 1 atom stereocenters. The van der Waals surface area contributed by atoms with Crippen molar-refractivity contribution in [1.82, 2.24) is 28.6 Å². The lowest BCUT2D eigenvalue weighted by Gasteiger charge is -2.42. The van der Waals surface area contributed by atoms with E-state index in [1.165, 1.54) is 11.4 Å². The SMILES string of the molecule is CNS(=O)(=O)N1CCN(C2CCN(C(=O)[C@@H](Cc3cc(Br)c(O)c(Br)c3)OC(=O)N3CCC(N4CCc5ccccc5NC4=O)CC3)CC2)CC1. The molecule has 4 heterocycles. The molecule has 3 saturated heterocycles. The van der Waals surface area contributed by atoms with Gasteiger partial charge in [0.15, 0.2) is 6.10 Å². The molecule has 2 aromatic rings. The predicted octanol–water partition coefficient (Wildman–Crippen LogP) is 3.59. The van der Waals surface area contributed by atoms with Crippen LogP contribution in [0.5, 0.6) is 5.75 Å². The maximum atomic E-state index is 14.1. The summed E-state index contributed by atoms with van der Waals surface area (Å²) in [5.74, 6) is -0.238. The maximum Gasteiger partial charge on any atom is 0.410 e. The minimum absolute atomic E-state index is 0.0236. The average Bonchev–Trinajstić information content (AvgIpc) is 3.31. The highest BCUT2D eigenvalue weighted by atomic mass is 79.9. The Balaban J connectivity index is 1.07. The van der Waals surface area contributed by atoms with E-state index in [4.69, 9.17) is 4.74 Å². The summed E-state index contributed by atoms with van der Waals surface area (Å²) in [5.41, 5.74) is 2.63. The third-order valence-corrected chi connectivity index (χ3v) is 13.3. The van der Waals surface area contributed by atoms with Crippen molar-refractivity contribution in [2.75, 3.05) is 71.3 Å². The van der Waals surface area contributed by atoms with E-state index < -0.39 is 22.4 Å². The molecule has 0 unspecified atom stereocenters. The number of piperazine rings is 1. The summed E-state index contributed by atoms with van der Waals surface area (Å²) in [5, 5.41) is 13.3. The lowest BCUT2D eigenvalue weighted by molar-refractivity contribution is -0.142. The molecule has 4 amide bonds. The fraction of sp³-hybridized carbons (Fsp3) is 0.559. The van der Waals surface area contributed by atoms with Crippen LogP contribution in [0.1, 0.15) is 36.8 Å². The largest absolute Gasteiger partial charge is 0.506 e. The van der Waals surface area contributed by atoms with Gasteiger partial charge in [0.2, 0.25) is 0 Å². The van der Waals surface area contributed by atoms with Crippen LogP contribution in [-0.2, 0) is 32.6 Å². The monoisotopic (exact) mass is 853 g/mol. The lowest BCUT2D eigenvalue weighted by Crippen LogP contribution is -2.56. The van der Waals surface area contributed by atoms with Crippen molar-refractivity contribution in [3.05, 3.63) is 56.5 Å². The quantitative estimate of drug-likeness (QED) is 0.364. The second kappa shape index (κ2) is 16.4. The van der Waals surface area contributed by atoms with Gasteiger partial charge in [-0.25, -0.2) is 14.3 Å². The third-order valence-electron chi connectivity index (χ3n) is 10.5. The molecular weight excluding hydrogens is 810 g/mol. The second-order valence-corrected chi connectivity index (χ2v) is 17.0. The molecule has 17 heteroatoms. The Morgan fingerprint density at radius 2 is 1.53 bits per heavy atom. The summed E-state index contributed by atoms with van der Waals surface area (Å²) < 4.78 is 35.2. The number of nitrogens with zero attached hydrogens (tertiary/aromatic N) is 5. The van der Waals surface area contributed by atoms with Gasteiger partial charge in [-0.15, -0.1) is 0 Å². The van der Waals surface area contributed by atoms with Crippen LogP contribution in [0.15, 0.2) is 45.3 Å². The first kappa shape index (κ1) is 37.8. The molecule has 14 nitrogen and oxygen atoms in total. The highest BCUT2D eigenvalue weighted by Gasteiger charge is 2.37. The Kier molecular flexibility index (Phi) is 12.1. The van der Waals surface area contributed by atoms with E-state index in [1.54, 1.807) is 21.9 Å². The van der Waals surface area contributed by atoms with Crippen LogP contribution in [0.3, 0.4) is 0 Å². The minimum Gasteiger partial charge on any atom is -0.506 e. The number of carbonyl (C=O) groups is 3. The number of carbonyl (C=O) groups excluding carboxylic acids is 3. The van der Waals surface area contributed by atoms with Gasteiger partial charge in [0, 0.05) is 90.1 Å². The Morgan fingerprint density at radius 3 is 2.18 bits per heavy atom. The van der Waals surface area contributed by atoms with Crippen LogP contribution < -0.4 is 10.0 Å². The van der Waals surface area contributed by atoms with Crippen LogP contribution in [0.25, 0.3) is 0 Å². The topological polar surface area (TPSA) is 155 Å². The zero-order valence-corrected chi connectivity index (χ0v) is 32.6. The summed E-state index contributed by atoms with van der Waals surface area (Å²) in [7, 11) is -2.04. The van der Waals surface area contributed by atoms with E-state index in [-0.39, 0.29) is 36.2 Å². The van der Waals surface area contributed by atoms with Gasteiger partial charge in [-0.05, 0) is 93.3 Å². The molecule has 51 heavy (non-hydrogen) atoms. The second-order valence-electron chi connectivity index (χ2n) is 13.4. The smallest absolute Gasteiger partial charge is 0.410 e. The summed E-state index contributed by atoms with van der Waals surface area (Å²) in [6.07, 6.45) is 1.86. The summed E-state index contributed by atoms with van der Waals surface area (Å²) in [6.45, 7) is 4.43. The molecule has 3 N–H and O–H groups in total. The number of rotatable bonds is 8. The zero-order valence-electron chi connectivity index (χ0n) is 28.6. The van der Waals surface area contributed by atoms with Gasteiger partial charge >= 0.3 is 12.1 Å². The van der Waals surface area contributed by atoms with E-state index in [2.05, 4.69) is 46.8 Å². The van der Waals surface area contributed by atoms with Crippen molar-refractivity contribution in [3.8, 4) is 5.75 Å². The highest BCUT2D eigenvalue weighted by Crippen LogP contribution is 2.34. The summed E-state index contributed by atoms with van der Waals surface area (Å²) >= 11 is 6.73. The number of piperidine rings is 2. The van der Waals surface area contributed by atoms with Gasteiger partial charge in [0.05, 0.1) is 8.95 Å². The average molecular weight is 856 g/mol. The normalized spacial score (nSPS) is 20.8. The molecule has 278 valence electrons. The van der Waals surface area contributed by atoms with Crippen molar-refractivity contribution in [1.29, 1.82) is 0 Å². The van der Waals surface area contributed by atoms with Gasteiger partial charge in [-0.3, -0.25) is 9.69 Å². The third kappa shape index (κ3) is 8.82. The van der Waals surface area contributed by atoms with E-state index in [1.807, 2.05) is 29.2 Å². The fourth-order valence-electron chi connectivity index (χ4n) is 7.52. The van der Waals surface area contributed by atoms with E-state index in [9.17, 15) is 27.9 Å². The van der Waals surface area contributed by atoms with Crippen molar-refractivity contribution < 1.29 is 32.6 Å². The Bertz CT molecular complexity index is 1690. The predicted molar refractivity (Wildman–Crippen MR) is 199 cm³/mol. The number of fused-ring (bicyclic) bond motifs is 1. The van der Waals surface area contributed by atoms with Crippen molar-refractivity contribution >= 4 is 65.8 Å². The Hall–Kier alpha value is -2.96. The standard InChI is InChI=1S/C34H45Br2N7O7S/c1-37-51(48,49)42-18-16-39(17-19-42)25-7-11-40(12-8-25)32(45)30(22-23-20-27(35)31(44)28(36)21-23)50-34(47)41-13-9-26(10-14-41)43-15-6-24-4-2-3-5-29(24)38-33(43)46/h2-5,20-21,25-26,30,37,44H,6-19,22H2,1H3,(H,38,46)/t30-/m1/s1.